The van der Waals surface area contributed by atoms with E-state index in [-0.39, 0.29) is 0 Å². The van der Waals surface area contributed by atoms with Gasteiger partial charge in [-0.25, -0.2) is 4.21 Å². The van der Waals surface area contributed by atoms with Crippen LogP contribution in [-0.4, -0.2) is 10.0 Å². The number of amidine groups is 1. The summed E-state index contributed by atoms with van der Waals surface area (Å²) in [7, 11) is 0. The first kappa shape index (κ1) is 15.6. The van der Waals surface area contributed by atoms with Crippen LogP contribution in [0.1, 0.15) is 34.6 Å². The topological polar surface area (TPSA) is 44.7 Å². The zero-order valence-electron chi connectivity index (χ0n) is 11.1. The molecule has 1 aliphatic rings. The molecule has 1 heterocycles. The summed E-state index contributed by atoms with van der Waals surface area (Å²) in [6.07, 6.45) is 0. The zero-order valence-corrected chi connectivity index (χ0v) is 11.9. The molecule has 0 aliphatic carbocycles. The van der Waals surface area contributed by atoms with E-state index >= 15 is 0 Å². The van der Waals surface area contributed by atoms with E-state index in [2.05, 4.69) is 9.82 Å². The van der Waals surface area contributed by atoms with Crippen LogP contribution in [-0.2, 0) is 11.2 Å². The Morgan fingerprint density at radius 1 is 1.12 bits per heavy atom. The Morgan fingerprint density at radius 3 is 2.06 bits per heavy atom. The number of anilines is 1. The van der Waals surface area contributed by atoms with Crippen molar-refractivity contribution in [3.63, 3.8) is 0 Å². The molecule has 1 N–H and O–H groups in total. The maximum atomic E-state index is 11.4. The monoisotopic (exact) mass is 255 g/mol. The lowest BCUT2D eigenvalue weighted by Crippen LogP contribution is -2.35. The SMILES string of the molecule is CC.CC.CC1=NS(=O)N(c2ccccc2)N1. The standard InChI is InChI=1S/C8H9N3OS.2C2H6/c1-7-9-11(13(12)10-7)8-5-3-2-4-6-8;2*1-2/h2-6H,1H3,(H,9,10);2*1-2H3. The molecule has 1 aliphatic heterocycles. The highest BCUT2D eigenvalue weighted by atomic mass is 32.2. The molecule has 4 nitrogen and oxygen atoms in total. The van der Waals surface area contributed by atoms with Crippen LogP contribution >= 0.6 is 0 Å². The molecule has 1 aromatic rings. The van der Waals surface area contributed by atoms with E-state index in [0.29, 0.717) is 5.84 Å². The Balaban J connectivity index is 0.000000581. The van der Waals surface area contributed by atoms with Gasteiger partial charge in [0.25, 0.3) is 11.2 Å². The van der Waals surface area contributed by atoms with E-state index < -0.39 is 11.2 Å². The number of para-hydroxylation sites is 1. The van der Waals surface area contributed by atoms with Gasteiger partial charge in [0.1, 0.15) is 5.84 Å². The number of rotatable bonds is 1. The summed E-state index contributed by atoms with van der Waals surface area (Å²) in [5, 5.41) is 0. The van der Waals surface area contributed by atoms with Gasteiger partial charge in [0, 0.05) is 0 Å². The van der Waals surface area contributed by atoms with Crippen molar-refractivity contribution in [3.8, 4) is 0 Å². The minimum absolute atomic E-state index is 0.669. The van der Waals surface area contributed by atoms with E-state index in [0.717, 1.165) is 5.69 Å². The highest BCUT2D eigenvalue weighted by Gasteiger charge is 2.19. The van der Waals surface area contributed by atoms with Gasteiger partial charge in [-0.05, 0) is 19.1 Å². The third-order valence-corrected chi connectivity index (χ3v) is 2.67. The van der Waals surface area contributed by atoms with Gasteiger partial charge in [-0.1, -0.05) is 45.9 Å². The molecule has 0 saturated heterocycles. The fourth-order valence-corrected chi connectivity index (χ4v) is 1.95. The van der Waals surface area contributed by atoms with Crippen molar-refractivity contribution in [2.24, 2.45) is 4.40 Å². The van der Waals surface area contributed by atoms with Gasteiger partial charge < -0.3 is 0 Å². The first-order valence-corrected chi connectivity index (χ1v) is 6.93. The van der Waals surface area contributed by atoms with Crippen molar-refractivity contribution in [3.05, 3.63) is 30.3 Å². The highest BCUT2D eigenvalue weighted by Crippen LogP contribution is 2.16. The minimum atomic E-state index is -1.33. The first-order valence-electron chi connectivity index (χ1n) is 5.86. The molecule has 1 atom stereocenters. The van der Waals surface area contributed by atoms with E-state index in [1.807, 2.05) is 58.0 Å². The molecule has 1 aromatic carbocycles. The quantitative estimate of drug-likeness (QED) is 0.838. The van der Waals surface area contributed by atoms with Crippen LogP contribution in [0.25, 0.3) is 0 Å². The summed E-state index contributed by atoms with van der Waals surface area (Å²) in [5.41, 5.74) is 3.75. The van der Waals surface area contributed by atoms with Gasteiger partial charge in [-0.15, -0.1) is 0 Å². The molecule has 1 unspecified atom stereocenters. The molecule has 0 fully saturated rings. The number of benzene rings is 1. The van der Waals surface area contributed by atoms with Crippen LogP contribution in [0.15, 0.2) is 34.7 Å². The average molecular weight is 255 g/mol. The normalized spacial score (nSPS) is 16.9. The fourth-order valence-electron chi connectivity index (χ4n) is 1.08. The fraction of sp³-hybridized carbons (Fsp3) is 0.417. The van der Waals surface area contributed by atoms with Crippen molar-refractivity contribution in [2.45, 2.75) is 34.6 Å². The molecular weight excluding hydrogens is 234 g/mol. The van der Waals surface area contributed by atoms with E-state index in [1.165, 1.54) is 4.41 Å². The van der Waals surface area contributed by atoms with Gasteiger partial charge in [0.2, 0.25) is 0 Å². The molecule has 0 radical (unpaired) electrons. The number of nitrogens with zero attached hydrogens (tertiary/aromatic N) is 2. The Labute approximate surface area is 106 Å². The molecule has 0 saturated carbocycles. The maximum Gasteiger partial charge on any atom is 0.266 e. The summed E-state index contributed by atoms with van der Waals surface area (Å²) in [4.78, 5) is 0. The number of hydrazine groups is 1. The van der Waals surface area contributed by atoms with Crippen molar-refractivity contribution in [2.75, 3.05) is 4.41 Å². The summed E-state index contributed by atoms with van der Waals surface area (Å²) >= 11 is -1.33. The lowest BCUT2D eigenvalue weighted by Gasteiger charge is -2.14. The predicted octanol–water partition coefficient (Wildman–Crippen LogP) is 3.06. The summed E-state index contributed by atoms with van der Waals surface area (Å²) in [5.74, 6) is 0.669. The Hall–Kier alpha value is -1.36. The van der Waals surface area contributed by atoms with Crippen molar-refractivity contribution < 1.29 is 4.21 Å². The van der Waals surface area contributed by atoms with Crippen molar-refractivity contribution >= 4 is 22.7 Å². The minimum Gasteiger partial charge on any atom is -0.271 e. The molecule has 17 heavy (non-hydrogen) atoms. The molecule has 2 rings (SSSR count). The van der Waals surface area contributed by atoms with Gasteiger partial charge in [-0.3, -0.25) is 5.43 Å². The third kappa shape index (κ3) is 4.56. The van der Waals surface area contributed by atoms with Crippen LogP contribution in [0.4, 0.5) is 5.69 Å². The Kier molecular flexibility index (Phi) is 8.05. The van der Waals surface area contributed by atoms with Crippen LogP contribution in [0.5, 0.6) is 0 Å². The maximum absolute atomic E-state index is 11.4. The van der Waals surface area contributed by atoms with Crippen LogP contribution in [0.3, 0.4) is 0 Å². The molecule has 0 bridgehead atoms. The van der Waals surface area contributed by atoms with Gasteiger partial charge in [-0.2, -0.15) is 8.81 Å². The van der Waals surface area contributed by atoms with Crippen LogP contribution in [0, 0.1) is 0 Å². The summed E-state index contributed by atoms with van der Waals surface area (Å²) in [6.45, 7) is 9.78. The number of hydrogen-bond donors (Lipinski definition) is 1. The first-order chi connectivity index (χ1) is 8.27. The Bertz CT molecular complexity index is 365. The van der Waals surface area contributed by atoms with Gasteiger partial charge in [0.15, 0.2) is 0 Å². The molecule has 0 aromatic heterocycles. The van der Waals surface area contributed by atoms with Gasteiger partial charge >= 0.3 is 0 Å². The second-order valence-electron chi connectivity index (χ2n) is 2.65. The van der Waals surface area contributed by atoms with Crippen molar-refractivity contribution in [1.29, 1.82) is 0 Å². The molecule has 0 spiro atoms. The molecule has 5 heteroatoms. The highest BCUT2D eigenvalue weighted by molar-refractivity contribution is 7.85. The zero-order chi connectivity index (χ0) is 13.3. The largest absolute Gasteiger partial charge is 0.271 e. The second kappa shape index (κ2) is 8.75. The number of nitrogens with one attached hydrogen (secondary N) is 1. The lowest BCUT2D eigenvalue weighted by molar-refractivity contribution is 0.681. The van der Waals surface area contributed by atoms with E-state index in [1.54, 1.807) is 6.92 Å². The third-order valence-electron chi connectivity index (χ3n) is 1.63. The van der Waals surface area contributed by atoms with E-state index in [9.17, 15) is 4.21 Å². The average Bonchev–Trinajstić information content (AvgIpc) is 2.74. The van der Waals surface area contributed by atoms with Gasteiger partial charge in [0.05, 0.1) is 5.69 Å². The molecular formula is C12H21N3OS. The van der Waals surface area contributed by atoms with Crippen molar-refractivity contribution in [1.82, 2.24) is 5.43 Å². The van der Waals surface area contributed by atoms with Crippen LogP contribution in [0.2, 0.25) is 0 Å². The molecule has 0 amide bonds. The molecule has 96 valence electrons. The van der Waals surface area contributed by atoms with E-state index in [4.69, 9.17) is 0 Å². The predicted molar refractivity (Wildman–Crippen MR) is 76.0 cm³/mol. The van der Waals surface area contributed by atoms with Crippen LogP contribution < -0.4 is 9.84 Å². The number of hydrogen-bond acceptors (Lipinski definition) is 2. The smallest absolute Gasteiger partial charge is 0.266 e. The summed E-state index contributed by atoms with van der Waals surface area (Å²) in [6, 6.07) is 9.44. The Morgan fingerprint density at radius 2 is 1.65 bits per heavy atom. The lowest BCUT2D eigenvalue weighted by atomic mass is 10.3. The second-order valence-corrected chi connectivity index (χ2v) is 3.66. The summed E-state index contributed by atoms with van der Waals surface area (Å²) < 4.78 is 16.7.